The van der Waals surface area contributed by atoms with Crippen molar-refractivity contribution in [1.29, 1.82) is 0 Å². The number of carbonyl (C=O) groups excluding carboxylic acids is 9. The number of hydrogen-bond donors (Lipinski definition) is 0. The maximum Gasteiger partial charge on any atom is 0.410 e. The fraction of sp³-hybridized carbons (Fsp3) is 0.512. The van der Waals surface area contributed by atoms with Crippen molar-refractivity contribution in [3.05, 3.63) is 69.8 Å². The van der Waals surface area contributed by atoms with Crippen LogP contribution in [-0.4, -0.2) is 154 Å². The van der Waals surface area contributed by atoms with E-state index in [0.29, 0.717) is 13.2 Å². The first kappa shape index (κ1) is 47.2. The second kappa shape index (κ2) is 20.2. The predicted molar refractivity (Wildman–Crippen MR) is 212 cm³/mol. The summed E-state index contributed by atoms with van der Waals surface area (Å²) in [5, 5.41) is 0. The molecule has 0 aromatic heterocycles. The highest BCUT2D eigenvalue weighted by Crippen LogP contribution is 2.32. The van der Waals surface area contributed by atoms with Crippen LogP contribution in [0.1, 0.15) is 98.9 Å². The average molecular weight is 837 g/mol. The smallest absolute Gasteiger partial charge is 0.410 e. The first-order chi connectivity index (χ1) is 28.2. The van der Waals surface area contributed by atoms with Crippen LogP contribution < -0.4 is 0 Å². The van der Waals surface area contributed by atoms with Gasteiger partial charge < -0.3 is 28.4 Å². The lowest BCUT2D eigenvalue weighted by Gasteiger charge is -2.27. The third kappa shape index (κ3) is 11.8. The van der Waals surface area contributed by atoms with E-state index in [-0.39, 0.29) is 72.9 Å². The molecule has 0 radical (unpaired) electrons. The van der Waals surface area contributed by atoms with E-state index in [4.69, 9.17) is 28.4 Å². The van der Waals surface area contributed by atoms with Crippen LogP contribution in [0, 0.1) is 11.8 Å². The lowest BCUT2D eigenvalue weighted by atomic mass is 9.96. The van der Waals surface area contributed by atoms with Crippen LogP contribution >= 0.6 is 0 Å². The molecule has 4 rings (SSSR count). The largest absolute Gasteiger partial charge is 0.444 e. The van der Waals surface area contributed by atoms with E-state index in [2.05, 4.69) is 0 Å². The van der Waals surface area contributed by atoms with Gasteiger partial charge in [0.15, 0.2) is 40.5 Å². The Morgan fingerprint density at radius 1 is 0.517 bits per heavy atom. The van der Waals surface area contributed by atoms with Crippen molar-refractivity contribution in [2.45, 2.75) is 52.7 Å². The number of benzene rings is 2. The minimum Gasteiger partial charge on any atom is -0.444 e. The number of rotatable bonds is 20. The number of Topliss-reactive ketones (excluding diaryl/α,β-unsaturated/α-hetero) is 6. The Morgan fingerprint density at radius 3 is 1.20 bits per heavy atom. The molecule has 2 aliphatic rings. The van der Waals surface area contributed by atoms with Crippen LogP contribution in [0.3, 0.4) is 0 Å². The van der Waals surface area contributed by atoms with E-state index in [0.717, 1.165) is 9.80 Å². The third-order valence-electron chi connectivity index (χ3n) is 9.19. The van der Waals surface area contributed by atoms with Gasteiger partial charge in [0.25, 0.3) is 0 Å². The molecule has 2 atom stereocenters. The minimum atomic E-state index is -1.77. The number of methoxy groups -OCH3 is 2. The molecule has 0 spiro atoms. The summed E-state index contributed by atoms with van der Waals surface area (Å²) < 4.78 is 31.6. The molecule has 0 heterocycles. The average Bonchev–Trinajstić information content (AvgIpc) is 3.57. The van der Waals surface area contributed by atoms with Crippen LogP contribution in [-0.2, 0) is 38.0 Å². The maximum absolute atomic E-state index is 13.8. The molecular weight excluding hydrogens is 784 g/mol. The molecule has 2 unspecified atom stereocenters. The summed E-state index contributed by atoms with van der Waals surface area (Å²) in [4.78, 5) is 123. The van der Waals surface area contributed by atoms with Gasteiger partial charge in [-0.1, -0.05) is 12.1 Å². The molecular formula is C43H52N2O15. The zero-order chi connectivity index (χ0) is 44.5. The third-order valence-corrected chi connectivity index (χ3v) is 9.19. The molecule has 17 heteroatoms. The lowest BCUT2D eigenvalue weighted by molar-refractivity contribution is -0.122. The van der Waals surface area contributed by atoms with Gasteiger partial charge in [0.05, 0.1) is 52.7 Å². The number of amides is 2. The van der Waals surface area contributed by atoms with Crippen LogP contribution in [0.4, 0.5) is 9.59 Å². The van der Waals surface area contributed by atoms with Crippen LogP contribution in [0.5, 0.6) is 0 Å². The van der Waals surface area contributed by atoms with Crippen molar-refractivity contribution >= 4 is 52.7 Å². The number of hydrogen-bond acceptors (Lipinski definition) is 15. The Hall–Kier alpha value is -5.49. The summed E-state index contributed by atoms with van der Waals surface area (Å²) in [5.41, 5.74) is -2.44. The molecule has 60 heavy (non-hydrogen) atoms. The number of ether oxygens (including phenoxy) is 6. The highest BCUT2D eigenvalue weighted by atomic mass is 16.6. The van der Waals surface area contributed by atoms with Crippen LogP contribution in [0.15, 0.2) is 36.4 Å². The van der Waals surface area contributed by atoms with Crippen LogP contribution in [0.25, 0.3) is 0 Å². The van der Waals surface area contributed by atoms with E-state index in [1.807, 2.05) is 0 Å². The van der Waals surface area contributed by atoms with Crippen molar-refractivity contribution in [3.63, 3.8) is 0 Å². The number of nitrogens with zero attached hydrogens (tertiary/aromatic N) is 2. The van der Waals surface area contributed by atoms with Gasteiger partial charge in [-0.05, 0) is 65.8 Å². The molecule has 324 valence electrons. The van der Waals surface area contributed by atoms with E-state index in [1.165, 1.54) is 50.6 Å². The maximum atomic E-state index is 13.8. The van der Waals surface area contributed by atoms with Gasteiger partial charge in [-0.15, -0.1) is 0 Å². The highest BCUT2D eigenvalue weighted by Gasteiger charge is 2.46. The van der Waals surface area contributed by atoms with Crippen molar-refractivity contribution in [1.82, 2.24) is 9.80 Å². The van der Waals surface area contributed by atoms with Crippen molar-refractivity contribution < 1.29 is 71.6 Å². The van der Waals surface area contributed by atoms with Gasteiger partial charge in [-0.25, -0.2) is 9.59 Å². The molecule has 2 aromatic carbocycles. The van der Waals surface area contributed by atoms with Crippen molar-refractivity contribution in [2.24, 2.45) is 11.8 Å². The molecule has 2 aliphatic carbocycles. The van der Waals surface area contributed by atoms with Gasteiger partial charge in [-0.3, -0.25) is 43.4 Å². The first-order valence-corrected chi connectivity index (χ1v) is 19.3. The fourth-order valence-corrected chi connectivity index (χ4v) is 6.34. The quantitative estimate of drug-likeness (QED) is 0.105. The molecule has 0 fully saturated rings. The summed E-state index contributed by atoms with van der Waals surface area (Å²) in [5.74, 6) is -9.21. The first-order valence-electron chi connectivity index (χ1n) is 19.3. The fourth-order valence-electron chi connectivity index (χ4n) is 6.34. The molecule has 2 amide bonds. The van der Waals surface area contributed by atoms with E-state index < -0.39 is 88.8 Å². The standard InChI is InChI=1S/C43H52N2O15/c1-42(2,3)59-40(53)44(13-15-57-19-17-55-7)23-31(46)33-36(49)27-11-9-25(21-29(27)38(33)51)35(48)26-10-12-28-30(22-26)39(52)34(37(28)50)32(47)24-45(14-16-58-20-18-56-8)41(54)60-43(4,5)6/h9-12,21-22,33-34H,13-20,23-24H2,1-8H3. The summed E-state index contributed by atoms with van der Waals surface area (Å²) in [6.07, 6.45) is -1.69. The Labute approximate surface area is 347 Å². The molecule has 0 saturated heterocycles. The Bertz CT molecular complexity index is 1880. The van der Waals surface area contributed by atoms with Crippen molar-refractivity contribution in [2.75, 3.05) is 80.0 Å². The lowest BCUT2D eigenvalue weighted by Crippen LogP contribution is -2.44. The van der Waals surface area contributed by atoms with Gasteiger partial charge in [0.1, 0.15) is 23.0 Å². The molecule has 17 nitrogen and oxygen atoms in total. The monoisotopic (exact) mass is 836 g/mol. The zero-order valence-corrected chi connectivity index (χ0v) is 35.2. The van der Waals surface area contributed by atoms with E-state index in [1.54, 1.807) is 41.5 Å². The predicted octanol–water partition coefficient (Wildman–Crippen LogP) is 3.85. The van der Waals surface area contributed by atoms with Crippen LogP contribution in [0.2, 0.25) is 0 Å². The Kier molecular flexibility index (Phi) is 15.9. The highest BCUT2D eigenvalue weighted by molar-refractivity contribution is 6.37. The van der Waals surface area contributed by atoms with Gasteiger partial charge in [0, 0.05) is 60.7 Å². The molecule has 0 bridgehead atoms. The SMILES string of the molecule is COCCOCCN(CC(=O)C1C(=O)c2ccc(C(=O)c3ccc4c(c3)C(=O)C(C(=O)CN(CCOCCOC)C(=O)OC(C)(C)C)C4=O)cc2C1=O)C(=O)OC(C)(C)C. The summed E-state index contributed by atoms with van der Waals surface area (Å²) in [6.45, 7) is 9.56. The second-order valence-electron chi connectivity index (χ2n) is 16.1. The zero-order valence-electron chi connectivity index (χ0n) is 35.2. The second-order valence-corrected chi connectivity index (χ2v) is 16.1. The molecule has 2 aromatic rings. The molecule has 0 N–H and O–H groups in total. The molecule has 0 aliphatic heterocycles. The Morgan fingerprint density at radius 2 is 0.867 bits per heavy atom. The topological polar surface area (TPSA) is 215 Å². The molecule has 0 saturated carbocycles. The Balaban J connectivity index is 1.50. The van der Waals surface area contributed by atoms with E-state index >= 15 is 0 Å². The minimum absolute atomic E-state index is 0.0200. The van der Waals surface area contributed by atoms with Gasteiger partial charge in [0.2, 0.25) is 0 Å². The number of fused-ring (bicyclic) bond motifs is 2. The number of ketones is 7. The summed E-state index contributed by atoms with van der Waals surface area (Å²) in [6, 6.07) is 7.44. The van der Waals surface area contributed by atoms with Gasteiger partial charge in [-0.2, -0.15) is 0 Å². The summed E-state index contributed by atoms with van der Waals surface area (Å²) in [7, 11) is 2.99. The summed E-state index contributed by atoms with van der Waals surface area (Å²) >= 11 is 0. The van der Waals surface area contributed by atoms with Gasteiger partial charge >= 0.3 is 12.2 Å². The number of carbonyl (C=O) groups is 9. The van der Waals surface area contributed by atoms with Crippen molar-refractivity contribution in [3.8, 4) is 0 Å². The normalized spacial score (nSPS) is 16.1. The van der Waals surface area contributed by atoms with E-state index in [9.17, 15) is 43.2 Å².